The van der Waals surface area contributed by atoms with E-state index in [2.05, 4.69) is 26.2 Å². The molecular formula is C12H13BrN2O3. The Morgan fingerprint density at radius 3 is 2.78 bits per heavy atom. The summed E-state index contributed by atoms with van der Waals surface area (Å²) in [6.07, 6.45) is 3.53. The van der Waals surface area contributed by atoms with E-state index < -0.39 is 17.8 Å². The van der Waals surface area contributed by atoms with E-state index in [4.69, 9.17) is 5.11 Å². The third-order valence-corrected chi connectivity index (χ3v) is 3.81. The minimum Gasteiger partial charge on any atom is -0.481 e. The molecule has 0 radical (unpaired) electrons. The average molecular weight is 313 g/mol. The molecule has 18 heavy (non-hydrogen) atoms. The molecule has 1 aliphatic rings. The van der Waals surface area contributed by atoms with Crippen LogP contribution in [0, 0.1) is 11.8 Å². The van der Waals surface area contributed by atoms with Crippen LogP contribution < -0.4 is 5.32 Å². The highest BCUT2D eigenvalue weighted by atomic mass is 79.9. The molecule has 2 rings (SSSR count). The summed E-state index contributed by atoms with van der Waals surface area (Å²) in [6.45, 7) is 0. The van der Waals surface area contributed by atoms with Crippen LogP contribution in [0.3, 0.4) is 0 Å². The molecule has 96 valence electrons. The van der Waals surface area contributed by atoms with Crippen LogP contribution in [0.2, 0.25) is 0 Å². The van der Waals surface area contributed by atoms with Gasteiger partial charge in [-0.1, -0.05) is 6.42 Å². The Labute approximate surface area is 113 Å². The third kappa shape index (κ3) is 2.69. The van der Waals surface area contributed by atoms with Crippen LogP contribution in [-0.2, 0) is 9.59 Å². The van der Waals surface area contributed by atoms with Crippen LogP contribution in [0.25, 0.3) is 0 Å². The number of halogens is 1. The Hall–Kier alpha value is -1.43. The Morgan fingerprint density at radius 2 is 2.11 bits per heavy atom. The van der Waals surface area contributed by atoms with Crippen molar-refractivity contribution in [1.82, 2.24) is 4.98 Å². The second kappa shape index (κ2) is 5.48. The van der Waals surface area contributed by atoms with Crippen LogP contribution in [-0.4, -0.2) is 22.0 Å². The molecule has 1 saturated carbocycles. The SMILES string of the molecule is O=C(O)C1CCCC1C(=O)Nc1ncccc1Br. The zero-order valence-electron chi connectivity index (χ0n) is 9.60. The normalized spacial score (nSPS) is 22.7. The van der Waals surface area contributed by atoms with E-state index in [9.17, 15) is 9.59 Å². The summed E-state index contributed by atoms with van der Waals surface area (Å²) in [6, 6.07) is 3.52. The lowest BCUT2D eigenvalue weighted by Gasteiger charge is -2.15. The number of anilines is 1. The van der Waals surface area contributed by atoms with Gasteiger partial charge >= 0.3 is 5.97 Å². The molecule has 0 spiro atoms. The van der Waals surface area contributed by atoms with Crippen molar-refractivity contribution in [2.75, 3.05) is 5.32 Å². The standard InChI is InChI=1S/C12H13BrN2O3/c13-9-5-2-6-14-10(9)15-11(16)7-3-1-4-8(7)12(17)18/h2,5-8H,1,3-4H2,(H,17,18)(H,14,15,16). The number of hydrogen-bond acceptors (Lipinski definition) is 3. The van der Waals surface area contributed by atoms with Crippen molar-refractivity contribution in [3.05, 3.63) is 22.8 Å². The highest BCUT2D eigenvalue weighted by molar-refractivity contribution is 9.10. The highest BCUT2D eigenvalue weighted by Gasteiger charge is 2.37. The molecule has 0 aromatic carbocycles. The zero-order chi connectivity index (χ0) is 13.1. The fraction of sp³-hybridized carbons (Fsp3) is 0.417. The molecule has 1 fully saturated rings. The van der Waals surface area contributed by atoms with E-state index in [1.807, 2.05) is 0 Å². The van der Waals surface area contributed by atoms with Crippen LogP contribution in [0.5, 0.6) is 0 Å². The predicted octanol–water partition coefficient (Wildman–Crippen LogP) is 2.28. The van der Waals surface area contributed by atoms with E-state index in [1.54, 1.807) is 18.3 Å². The molecule has 2 unspecified atom stereocenters. The quantitative estimate of drug-likeness (QED) is 0.897. The number of nitrogens with zero attached hydrogens (tertiary/aromatic N) is 1. The molecule has 0 saturated heterocycles. The van der Waals surface area contributed by atoms with Gasteiger partial charge < -0.3 is 10.4 Å². The first-order valence-corrected chi connectivity index (χ1v) is 6.53. The topological polar surface area (TPSA) is 79.3 Å². The van der Waals surface area contributed by atoms with Gasteiger partial charge in [0.25, 0.3) is 0 Å². The smallest absolute Gasteiger partial charge is 0.307 e. The Kier molecular flexibility index (Phi) is 3.96. The van der Waals surface area contributed by atoms with E-state index in [-0.39, 0.29) is 5.91 Å². The summed E-state index contributed by atoms with van der Waals surface area (Å²) in [5, 5.41) is 11.7. The minimum absolute atomic E-state index is 0.265. The first-order valence-electron chi connectivity index (χ1n) is 5.74. The van der Waals surface area contributed by atoms with E-state index in [1.165, 1.54) is 0 Å². The third-order valence-electron chi connectivity index (χ3n) is 3.17. The maximum atomic E-state index is 12.0. The van der Waals surface area contributed by atoms with Crippen molar-refractivity contribution in [3.63, 3.8) is 0 Å². The van der Waals surface area contributed by atoms with Crippen molar-refractivity contribution < 1.29 is 14.7 Å². The Balaban J connectivity index is 2.08. The number of rotatable bonds is 3. The Bertz CT molecular complexity index is 478. The maximum Gasteiger partial charge on any atom is 0.307 e. The van der Waals surface area contributed by atoms with Crippen LogP contribution >= 0.6 is 15.9 Å². The highest BCUT2D eigenvalue weighted by Crippen LogP contribution is 2.33. The summed E-state index contributed by atoms with van der Waals surface area (Å²) in [5.74, 6) is -1.77. The number of carbonyl (C=O) groups excluding carboxylic acids is 1. The number of nitrogens with one attached hydrogen (secondary N) is 1. The molecule has 1 heterocycles. The lowest BCUT2D eigenvalue weighted by molar-refractivity contribution is -0.145. The number of amides is 1. The molecule has 0 aliphatic heterocycles. The van der Waals surface area contributed by atoms with E-state index in [0.29, 0.717) is 23.1 Å². The summed E-state index contributed by atoms with van der Waals surface area (Å²) in [4.78, 5) is 27.1. The minimum atomic E-state index is -0.896. The van der Waals surface area contributed by atoms with Gasteiger partial charge in [-0.15, -0.1) is 0 Å². The second-order valence-corrected chi connectivity index (χ2v) is 5.16. The lowest BCUT2D eigenvalue weighted by Crippen LogP contribution is -2.30. The van der Waals surface area contributed by atoms with E-state index >= 15 is 0 Å². The van der Waals surface area contributed by atoms with Crippen molar-refractivity contribution in [1.29, 1.82) is 0 Å². The number of carboxylic acids is 1. The first kappa shape index (κ1) is 13.0. The number of hydrogen-bond donors (Lipinski definition) is 2. The monoisotopic (exact) mass is 312 g/mol. The zero-order valence-corrected chi connectivity index (χ0v) is 11.2. The molecule has 2 N–H and O–H groups in total. The molecule has 1 aromatic heterocycles. The number of carbonyl (C=O) groups is 2. The number of pyridine rings is 1. The molecule has 1 aliphatic carbocycles. The van der Waals surface area contributed by atoms with Gasteiger partial charge in [0.15, 0.2) is 0 Å². The fourth-order valence-corrected chi connectivity index (χ4v) is 2.61. The summed E-state index contributed by atoms with van der Waals surface area (Å²) < 4.78 is 0.684. The van der Waals surface area contributed by atoms with Crippen molar-refractivity contribution >= 4 is 33.6 Å². The van der Waals surface area contributed by atoms with Crippen molar-refractivity contribution in [2.24, 2.45) is 11.8 Å². The lowest BCUT2D eigenvalue weighted by atomic mass is 9.95. The van der Waals surface area contributed by atoms with Gasteiger partial charge in [-0.3, -0.25) is 9.59 Å². The molecule has 2 atom stereocenters. The number of aromatic nitrogens is 1. The van der Waals surface area contributed by atoms with Gasteiger partial charge in [0, 0.05) is 6.20 Å². The average Bonchev–Trinajstić information content (AvgIpc) is 2.81. The largest absolute Gasteiger partial charge is 0.481 e. The van der Waals surface area contributed by atoms with Gasteiger partial charge in [-0.2, -0.15) is 0 Å². The van der Waals surface area contributed by atoms with Gasteiger partial charge in [-0.05, 0) is 40.9 Å². The summed E-state index contributed by atoms with van der Waals surface area (Å²) in [5.41, 5.74) is 0. The van der Waals surface area contributed by atoms with E-state index in [0.717, 1.165) is 6.42 Å². The van der Waals surface area contributed by atoms with Crippen LogP contribution in [0.4, 0.5) is 5.82 Å². The summed E-state index contributed by atoms with van der Waals surface area (Å²) >= 11 is 3.28. The van der Waals surface area contributed by atoms with Crippen molar-refractivity contribution in [2.45, 2.75) is 19.3 Å². The number of aliphatic carboxylic acids is 1. The van der Waals surface area contributed by atoms with Gasteiger partial charge in [0.1, 0.15) is 5.82 Å². The van der Waals surface area contributed by atoms with Crippen molar-refractivity contribution in [3.8, 4) is 0 Å². The second-order valence-electron chi connectivity index (χ2n) is 4.31. The Morgan fingerprint density at radius 1 is 1.39 bits per heavy atom. The first-order chi connectivity index (χ1) is 8.59. The number of carboxylic acid groups (broad SMARTS) is 1. The maximum absolute atomic E-state index is 12.0. The molecule has 5 nitrogen and oxygen atoms in total. The molecule has 0 bridgehead atoms. The molecule has 1 amide bonds. The summed E-state index contributed by atoms with van der Waals surface area (Å²) in [7, 11) is 0. The molecule has 1 aromatic rings. The van der Waals surface area contributed by atoms with Crippen LogP contribution in [0.1, 0.15) is 19.3 Å². The van der Waals surface area contributed by atoms with Gasteiger partial charge in [0.2, 0.25) is 5.91 Å². The van der Waals surface area contributed by atoms with Gasteiger partial charge in [0.05, 0.1) is 16.3 Å². The van der Waals surface area contributed by atoms with Crippen LogP contribution in [0.15, 0.2) is 22.8 Å². The van der Waals surface area contributed by atoms with Gasteiger partial charge in [-0.25, -0.2) is 4.98 Å². The fourth-order valence-electron chi connectivity index (χ4n) is 2.26. The predicted molar refractivity (Wildman–Crippen MR) is 69.0 cm³/mol. The molecular weight excluding hydrogens is 300 g/mol. The molecule has 6 heteroatoms.